The quantitative estimate of drug-likeness (QED) is 0.825. The van der Waals surface area contributed by atoms with Crippen molar-refractivity contribution in [3.63, 3.8) is 0 Å². The van der Waals surface area contributed by atoms with Crippen molar-refractivity contribution in [2.24, 2.45) is 0 Å². The van der Waals surface area contributed by atoms with Gasteiger partial charge < -0.3 is 4.74 Å². The van der Waals surface area contributed by atoms with Gasteiger partial charge in [0.25, 0.3) is 0 Å². The summed E-state index contributed by atoms with van der Waals surface area (Å²) < 4.78 is 18.3. The number of nitrogens with zero attached hydrogens (tertiary/aromatic N) is 1. The lowest BCUT2D eigenvalue weighted by molar-refractivity contribution is 0.215. The van der Waals surface area contributed by atoms with Crippen LogP contribution in [0.5, 0.6) is 5.75 Å². The van der Waals surface area contributed by atoms with Crippen molar-refractivity contribution in [1.82, 2.24) is 0 Å². The second kappa shape index (κ2) is 5.65. The van der Waals surface area contributed by atoms with Crippen LogP contribution in [0, 0.1) is 12.4 Å². The summed E-state index contributed by atoms with van der Waals surface area (Å²) in [4.78, 5) is 14.5. The van der Waals surface area contributed by atoms with Crippen molar-refractivity contribution in [2.45, 2.75) is 0 Å². The monoisotopic (exact) mass is 256 g/mol. The molecule has 1 N–H and O–H groups in total. The van der Waals surface area contributed by atoms with Gasteiger partial charge >= 0.3 is 6.09 Å². The van der Waals surface area contributed by atoms with E-state index in [-0.39, 0.29) is 11.4 Å². The van der Waals surface area contributed by atoms with Gasteiger partial charge in [0.2, 0.25) is 5.69 Å². The Morgan fingerprint density at radius 1 is 1.21 bits per heavy atom. The minimum absolute atomic E-state index is 0.0954. The topological polar surface area (TPSA) is 42.7 Å². The van der Waals surface area contributed by atoms with Crippen LogP contribution >= 0.6 is 0 Å². The molecule has 2 aromatic rings. The summed E-state index contributed by atoms with van der Waals surface area (Å²) in [6, 6.07) is 12.3. The number of rotatable bonds is 2. The van der Waals surface area contributed by atoms with E-state index in [0.717, 1.165) is 6.07 Å². The van der Waals surface area contributed by atoms with E-state index in [1.54, 1.807) is 30.3 Å². The van der Waals surface area contributed by atoms with Crippen LogP contribution in [-0.2, 0) is 0 Å². The lowest BCUT2D eigenvalue weighted by Crippen LogP contribution is -2.16. The fourth-order valence-corrected chi connectivity index (χ4v) is 1.41. The minimum Gasteiger partial charge on any atom is -0.410 e. The van der Waals surface area contributed by atoms with E-state index in [9.17, 15) is 9.18 Å². The predicted molar refractivity (Wildman–Crippen MR) is 68.8 cm³/mol. The van der Waals surface area contributed by atoms with Crippen molar-refractivity contribution in [3.8, 4) is 5.75 Å². The van der Waals surface area contributed by atoms with E-state index in [0.29, 0.717) is 5.75 Å². The van der Waals surface area contributed by atoms with E-state index in [1.807, 2.05) is 0 Å². The maximum atomic E-state index is 13.3. The van der Waals surface area contributed by atoms with E-state index in [1.165, 1.54) is 12.1 Å². The van der Waals surface area contributed by atoms with Crippen LogP contribution in [0.25, 0.3) is 4.85 Å². The lowest BCUT2D eigenvalue weighted by atomic mass is 10.3. The molecule has 1 amide bonds. The van der Waals surface area contributed by atoms with Crippen LogP contribution in [0.4, 0.5) is 20.6 Å². The summed E-state index contributed by atoms with van der Waals surface area (Å²) in [5.41, 5.74) is 0.132. The van der Waals surface area contributed by atoms with E-state index >= 15 is 0 Å². The molecule has 0 aliphatic heterocycles. The Balaban J connectivity index is 2.04. The normalized spacial score (nSPS) is 9.47. The Kier molecular flexibility index (Phi) is 3.74. The van der Waals surface area contributed by atoms with Crippen LogP contribution in [-0.4, -0.2) is 6.09 Å². The van der Waals surface area contributed by atoms with E-state index in [2.05, 4.69) is 10.2 Å². The Morgan fingerprint density at radius 3 is 2.58 bits per heavy atom. The largest absolute Gasteiger partial charge is 0.417 e. The molecule has 19 heavy (non-hydrogen) atoms. The molecule has 94 valence electrons. The number of carbonyl (C=O) groups is 1. The van der Waals surface area contributed by atoms with Crippen molar-refractivity contribution in [2.75, 3.05) is 5.32 Å². The van der Waals surface area contributed by atoms with Crippen LogP contribution in [0.2, 0.25) is 0 Å². The molecule has 0 aliphatic rings. The highest BCUT2D eigenvalue weighted by molar-refractivity contribution is 5.86. The van der Waals surface area contributed by atoms with Crippen molar-refractivity contribution >= 4 is 17.5 Å². The first kappa shape index (κ1) is 12.6. The van der Waals surface area contributed by atoms with Crippen LogP contribution in [0.3, 0.4) is 0 Å². The molecule has 0 spiro atoms. The van der Waals surface area contributed by atoms with Gasteiger partial charge in [0, 0.05) is 5.69 Å². The lowest BCUT2D eigenvalue weighted by Gasteiger charge is -2.06. The van der Waals surface area contributed by atoms with Gasteiger partial charge in [-0.15, -0.1) is 0 Å². The summed E-state index contributed by atoms with van der Waals surface area (Å²) in [5.74, 6) is -0.300. The van der Waals surface area contributed by atoms with Gasteiger partial charge in [-0.3, -0.25) is 5.32 Å². The minimum atomic E-state index is -0.721. The molecule has 2 aromatic carbocycles. The molecule has 0 saturated heterocycles. The Labute approximate surface area is 109 Å². The maximum absolute atomic E-state index is 13.3. The molecular weight excluding hydrogens is 247 g/mol. The molecule has 0 bridgehead atoms. The third-order valence-corrected chi connectivity index (χ3v) is 2.27. The van der Waals surface area contributed by atoms with Crippen molar-refractivity contribution in [1.29, 1.82) is 0 Å². The molecule has 0 heterocycles. The third kappa shape index (κ3) is 3.30. The highest BCUT2D eigenvalue weighted by atomic mass is 19.1. The molecule has 0 aliphatic carbocycles. The number of amides is 1. The molecule has 0 aromatic heterocycles. The standard InChI is InChI=1S/C14H9FN2O2/c1-16-13-8-7-10(9-12(13)15)17-14(18)19-11-5-3-2-4-6-11/h2-9H,(H,17,18). The average molecular weight is 256 g/mol. The highest BCUT2D eigenvalue weighted by Crippen LogP contribution is 2.21. The molecule has 4 nitrogen and oxygen atoms in total. The summed E-state index contributed by atoms with van der Waals surface area (Å²) in [5, 5.41) is 2.38. The van der Waals surface area contributed by atoms with E-state index in [4.69, 9.17) is 11.3 Å². The van der Waals surface area contributed by atoms with Crippen molar-refractivity contribution in [3.05, 3.63) is 65.8 Å². The molecule has 0 saturated carbocycles. The fraction of sp³-hybridized carbons (Fsp3) is 0. The van der Waals surface area contributed by atoms with Crippen molar-refractivity contribution < 1.29 is 13.9 Å². The number of anilines is 1. The zero-order valence-corrected chi connectivity index (χ0v) is 9.76. The van der Waals surface area contributed by atoms with Gasteiger partial charge in [-0.25, -0.2) is 14.0 Å². The number of nitrogens with one attached hydrogen (secondary N) is 1. The smallest absolute Gasteiger partial charge is 0.410 e. The number of halogens is 1. The summed E-state index contributed by atoms with van der Waals surface area (Å²) >= 11 is 0. The summed E-state index contributed by atoms with van der Waals surface area (Å²) in [6.07, 6.45) is -0.721. The number of carbonyl (C=O) groups excluding carboxylic acids is 1. The van der Waals surface area contributed by atoms with Gasteiger partial charge in [0.1, 0.15) is 11.6 Å². The summed E-state index contributed by atoms with van der Waals surface area (Å²) in [7, 11) is 0. The second-order valence-corrected chi connectivity index (χ2v) is 3.61. The first-order valence-electron chi connectivity index (χ1n) is 5.40. The molecule has 0 atom stereocenters. The SMILES string of the molecule is [C-]#[N+]c1ccc(NC(=O)Oc2ccccc2)cc1F. The Hall–Kier alpha value is -2.87. The first-order chi connectivity index (χ1) is 9.19. The van der Waals surface area contributed by atoms with Gasteiger partial charge in [-0.2, -0.15) is 0 Å². The maximum Gasteiger partial charge on any atom is 0.417 e. The number of para-hydroxylation sites is 1. The molecule has 5 heteroatoms. The average Bonchev–Trinajstić information content (AvgIpc) is 2.40. The second-order valence-electron chi connectivity index (χ2n) is 3.61. The van der Waals surface area contributed by atoms with E-state index < -0.39 is 11.9 Å². The van der Waals surface area contributed by atoms with Gasteiger partial charge in [0.05, 0.1) is 6.57 Å². The van der Waals surface area contributed by atoms with Gasteiger partial charge in [0.15, 0.2) is 0 Å². The van der Waals surface area contributed by atoms with Gasteiger partial charge in [-0.1, -0.05) is 24.3 Å². The Morgan fingerprint density at radius 2 is 1.95 bits per heavy atom. The predicted octanol–water partition coefficient (Wildman–Crippen LogP) is 3.99. The number of ether oxygens (including phenoxy) is 1. The Bertz CT molecular complexity index is 636. The highest BCUT2D eigenvalue weighted by Gasteiger charge is 2.07. The zero-order valence-electron chi connectivity index (χ0n) is 9.76. The molecular formula is C14H9FN2O2. The summed E-state index contributed by atoms with van der Waals surface area (Å²) in [6.45, 7) is 6.72. The number of hydrogen-bond donors (Lipinski definition) is 1. The van der Waals surface area contributed by atoms with Gasteiger partial charge in [-0.05, 0) is 24.3 Å². The zero-order chi connectivity index (χ0) is 13.7. The molecule has 0 radical (unpaired) electrons. The van der Waals surface area contributed by atoms with Crippen LogP contribution in [0.1, 0.15) is 0 Å². The fourth-order valence-electron chi connectivity index (χ4n) is 1.41. The number of hydrogen-bond acceptors (Lipinski definition) is 2. The first-order valence-corrected chi connectivity index (χ1v) is 5.40. The van der Waals surface area contributed by atoms with Crippen LogP contribution < -0.4 is 10.1 Å². The molecule has 2 rings (SSSR count). The third-order valence-electron chi connectivity index (χ3n) is 2.27. The number of benzene rings is 2. The molecule has 0 unspecified atom stereocenters. The van der Waals surface area contributed by atoms with Crippen LogP contribution in [0.15, 0.2) is 48.5 Å². The molecule has 0 fully saturated rings.